The SMILES string of the molecule is Cc1cc(C)cc(N2c3ccccc3B3c4cc(Cl)ccc4N(c4cc(C)cc(C)c4)c4cc(C(C)(C)C)cc2c43)c1. The summed E-state index contributed by atoms with van der Waals surface area (Å²) in [6, 6.07) is 34.0. The van der Waals surface area contributed by atoms with Crippen molar-refractivity contribution in [3.05, 3.63) is 124 Å². The summed E-state index contributed by atoms with van der Waals surface area (Å²) in [5.74, 6) is 0. The van der Waals surface area contributed by atoms with Gasteiger partial charge in [0.15, 0.2) is 0 Å². The summed E-state index contributed by atoms with van der Waals surface area (Å²) in [4.78, 5) is 4.97. The molecule has 42 heavy (non-hydrogen) atoms. The number of hydrogen-bond acceptors (Lipinski definition) is 2. The molecular formula is C38H36BClN2. The smallest absolute Gasteiger partial charge is 0.252 e. The van der Waals surface area contributed by atoms with Crippen molar-refractivity contribution in [2.24, 2.45) is 0 Å². The molecule has 7 rings (SSSR count). The lowest BCUT2D eigenvalue weighted by molar-refractivity contribution is 0.590. The van der Waals surface area contributed by atoms with Crippen molar-refractivity contribution in [3.63, 3.8) is 0 Å². The van der Waals surface area contributed by atoms with Crippen LogP contribution in [0.4, 0.5) is 34.1 Å². The van der Waals surface area contributed by atoms with E-state index in [0.717, 1.165) is 5.02 Å². The summed E-state index contributed by atoms with van der Waals surface area (Å²) < 4.78 is 0. The van der Waals surface area contributed by atoms with Crippen LogP contribution in [0, 0.1) is 27.7 Å². The van der Waals surface area contributed by atoms with Crippen LogP contribution in [-0.2, 0) is 5.41 Å². The van der Waals surface area contributed by atoms with E-state index in [0.29, 0.717) is 0 Å². The fraction of sp³-hybridized carbons (Fsp3) is 0.211. The summed E-state index contributed by atoms with van der Waals surface area (Å²) in [6.45, 7) is 15.8. The van der Waals surface area contributed by atoms with Crippen molar-refractivity contribution in [2.75, 3.05) is 9.80 Å². The molecule has 0 spiro atoms. The number of halogens is 1. The van der Waals surface area contributed by atoms with Crippen LogP contribution in [0.3, 0.4) is 0 Å². The second kappa shape index (κ2) is 9.54. The molecule has 2 heterocycles. The van der Waals surface area contributed by atoms with E-state index in [4.69, 9.17) is 11.6 Å². The van der Waals surface area contributed by atoms with Gasteiger partial charge in [0.1, 0.15) is 0 Å². The predicted octanol–water partition coefficient (Wildman–Crippen LogP) is 8.95. The molecule has 0 amide bonds. The highest BCUT2D eigenvalue weighted by Crippen LogP contribution is 2.46. The molecule has 0 aliphatic carbocycles. The minimum absolute atomic E-state index is 0.0410. The molecule has 208 valence electrons. The Morgan fingerprint density at radius 1 is 0.548 bits per heavy atom. The second-order valence-corrected chi connectivity index (χ2v) is 13.7. The molecule has 0 fully saturated rings. The first-order valence-electron chi connectivity index (χ1n) is 14.8. The van der Waals surface area contributed by atoms with Gasteiger partial charge in [-0.15, -0.1) is 0 Å². The van der Waals surface area contributed by atoms with Gasteiger partial charge in [-0.05, 0) is 138 Å². The molecule has 0 atom stereocenters. The Morgan fingerprint density at radius 2 is 1.05 bits per heavy atom. The molecule has 0 radical (unpaired) electrons. The average molecular weight is 567 g/mol. The molecule has 0 aromatic heterocycles. The fourth-order valence-corrected chi connectivity index (χ4v) is 7.25. The Bertz CT molecular complexity index is 1840. The lowest BCUT2D eigenvalue weighted by atomic mass is 9.33. The Labute approximate surface area is 255 Å². The quantitative estimate of drug-likeness (QED) is 0.193. The molecule has 4 heteroatoms. The summed E-state index contributed by atoms with van der Waals surface area (Å²) in [7, 11) is 0. The van der Waals surface area contributed by atoms with Gasteiger partial charge in [0.2, 0.25) is 0 Å². The third-order valence-electron chi connectivity index (χ3n) is 8.73. The molecule has 0 unspecified atom stereocenters. The number of anilines is 6. The molecule has 2 aliphatic rings. The van der Waals surface area contributed by atoms with E-state index < -0.39 is 0 Å². The number of para-hydroxylation sites is 1. The van der Waals surface area contributed by atoms with Crippen molar-refractivity contribution >= 4 is 68.8 Å². The van der Waals surface area contributed by atoms with Gasteiger partial charge in [-0.2, -0.15) is 0 Å². The highest BCUT2D eigenvalue weighted by atomic mass is 35.5. The minimum Gasteiger partial charge on any atom is -0.311 e. The van der Waals surface area contributed by atoms with Crippen LogP contribution in [0.5, 0.6) is 0 Å². The maximum absolute atomic E-state index is 6.77. The summed E-state index contributed by atoms with van der Waals surface area (Å²) >= 11 is 6.77. The lowest BCUT2D eigenvalue weighted by Gasteiger charge is -2.45. The van der Waals surface area contributed by atoms with E-state index in [1.807, 2.05) is 6.07 Å². The second-order valence-electron chi connectivity index (χ2n) is 13.2. The first-order valence-corrected chi connectivity index (χ1v) is 15.2. The third-order valence-corrected chi connectivity index (χ3v) is 8.97. The van der Waals surface area contributed by atoms with Crippen molar-refractivity contribution in [2.45, 2.75) is 53.9 Å². The van der Waals surface area contributed by atoms with Crippen LogP contribution in [0.2, 0.25) is 5.02 Å². The zero-order valence-electron chi connectivity index (χ0n) is 25.5. The van der Waals surface area contributed by atoms with Gasteiger partial charge in [0.05, 0.1) is 0 Å². The normalized spacial score (nSPS) is 13.6. The highest BCUT2D eigenvalue weighted by molar-refractivity contribution is 7.00. The monoisotopic (exact) mass is 566 g/mol. The number of benzene rings is 5. The Kier molecular flexibility index (Phi) is 6.12. The molecule has 0 saturated carbocycles. The number of rotatable bonds is 2. The van der Waals surface area contributed by atoms with Gasteiger partial charge >= 0.3 is 0 Å². The number of nitrogens with zero attached hydrogens (tertiary/aromatic N) is 2. The van der Waals surface area contributed by atoms with E-state index in [1.165, 1.54) is 78.3 Å². The van der Waals surface area contributed by atoms with Gasteiger partial charge in [-0.1, -0.05) is 62.7 Å². The minimum atomic E-state index is -0.0410. The van der Waals surface area contributed by atoms with E-state index in [2.05, 4.69) is 143 Å². The van der Waals surface area contributed by atoms with Crippen LogP contribution in [-0.4, -0.2) is 6.71 Å². The third kappa shape index (κ3) is 4.25. The summed E-state index contributed by atoms with van der Waals surface area (Å²) in [5.41, 5.74) is 17.5. The Hall–Kier alpha value is -3.95. The highest BCUT2D eigenvalue weighted by Gasteiger charge is 2.44. The van der Waals surface area contributed by atoms with Crippen molar-refractivity contribution in [3.8, 4) is 0 Å². The number of hydrogen-bond donors (Lipinski definition) is 0. The van der Waals surface area contributed by atoms with Crippen LogP contribution in [0.25, 0.3) is 0 Å². The largest absolute Gasteiger partial charge is 0.311 e. The standard InChI is InChI=1S/C38H36BClN2/c1-23-14-24(2)17-29(16-23)41-33-11-9-8-10-31(33)39-32-22-28(40)12-13-34(32)42(30-18-25(3)15-26(4)19-30)36-21-27(38(5,6)7)20-35(41)37(36)39/h8-22H,1-7H3. The van der Waals surface area contributed by atoms with Gasteiger partial charge in [0.25, 0.3) is 6.71 Å². The van der Waals surface area contributed by atoms with Crippen molar-refractivity contribution in [1.29, 1.82) is 0 Å². The first-order chi connectivity index (χ1) is 20.0. The number of fused-ring (bicyclic) bond motifs is 4. The van der Waals surface area contributed by atoms with Crippen LogP contribution < -0.4 is 26.2 Å². The molecule has 5 aromatic rings. The maximum Gasteiger partial charge on any atom is 0.252 e. The van der Waals surface area contributed by atoms with Crippen molar-refractivity contribution in [1.82, 2.24) is 0 Å². The fourth-order valence-electron chi connectivity index (χ4n) is 7.07. The van der Waals surface area contributed by atoms with Gasteiger partial charge in [-0.25, -0.2) is 0 Å². The zero-order chi connectivity index (χ0) is 29.5. The van der Waals surface area contributed by atoms with Crippen molar-refractivity contribution < 1.29 is 0 Å². The van der Waals surface area contributed by atoms with E-state index >= 15 is 0 Å². The van der Waals surface area contributed by atoms with Crippen LogP contribution in [0.15, 0.2) is 91.0 Å². The topological polar surface area (TPSA) is 6.48 Å². The van der Waals surface area contributed by atoms with E-state index in [1.54, 1.807) is 0 Å². The number of aryl methyl sites for hydroxylation is 4. The molecule has 0 N–H and O–H groups in total. The molecular weight excluding hydrogens is 531 g/mol. The molecule has 2 nitrogen and oxygen atoms in total. The zero-order valence-corrected chi connectivity index (χ0v) is 26.3. The average Bonchev–Trinajstić information content (AvgIpc) is 2.91. The van der Waals surface area contributed by atoms with E-state index in [9.17, 15) is 0 Å². The molecule has 0 saturated heterocycles. The van der Waals surface area contributed by atoms with Crippen LogP contribution in [0.1, 0.15) is 48.6 Å². The van der Waals surface area contributed by atoms with Gasteiger partial charge in [0, 0.05) is 39.1 Å². The Morgan fingerprint density at radius 3 is 1.57 bits per heavy atom. The van der Waals surface area contributed by atoms with Gasteiger partial charge < -0.3 is 9.80 Å². The molecule has 0 bridgehead atoms. The maximum atomic E-state index is 6.77. The Balaban J connectivity index is 1.64. The molecule has 2 aliphatic heterocycles. The van der Waals surface area contributed by atoms with Gasteiger partial charge in [-0.3, -0.25) is 0 Å². The van der Waals surface area contributed by atoms with E-state index in [-0.39, 0.29) is 12.1 Å². The summed E-state index contributed by atoms with van der Waals surface area (Å²) in [5, 5.41) is 0.764. The molecule has 5 aromatic carbocycles. The van der Waals surface area contributed by atoms with Crippen LogP contribution >= 0.6 is 11.6 Å². The first kappa shape index (κ1) is 26.9. The predicted molar refractivity (Wildman–Crippen MR) is 183 cm³/mol. The lowest BCUT2D eigenvalue weighted by Crippen LogP contribution is -2.61. The summed E-state index contributed by atoms with van der Waals surface area (Å²) in [6.07, 6.45) is 0.